The summed E-state index contributed by atoms with van der Waals surface area (Å²) in [4.78, 5) is 16.9. The lowest BCUT2D eigenvalue weighted by Gasteiger charge is -2.30. The van der Waals surface area contributed by atoms with Crippen LogP contribution in [0.5, 0.6) is 5.75 Å². The fourth-order valence-corrected chi connectivity index (χ4v) is 3.14. The number of benzene rings is 3. The molecule has 150 valence electrons. The summed E-state index contributed by atoms with van der Waals surface area (Å²) in [6, 6.07) is 26.0. The summed E-state index contributed by atoms with van der Waals surface area (Å²) in [7, 11) is 3.33. The fourth-order valence-electron chi connectivity index (χ4n) is 3.14. The van der Waals surface area contributed by atoms with Gasteiger partial charge in [-0.2, -0.15) is 5.26 Å². The van der Waals surface area contributed by atoms with E-state index >= 15 is 0 Å². The van der Waals surface area contributed by atoms with Gasteiger partial charge in [0.15, 0.2) is 0 Å². The third-order valence-corrected chi connectivity index (χ3v) is 4.78. The first-order valence-electron chi connectivity index (χ1n) is 9.52. The van der Waals surface area contributed by atoms with Crippen LogP contribution in [0.15, 0.2) is 84.9 Å². The third-order valence-electron chi connectivity index (χ3n) is 4.78. The highest BCUT2D eigenvalue weighted by atomic mass is 16.5. The first-order chi connectivity index (χ1) is 14.6. The molecule has 0 aliphatic rings. The van der Waals surface area contributed by atoms with E-state index in [1.165, 1.54) is 0 Å². The van der Waals surface area contributed by atoms with Crippen LogP contribution in [0.1, 0.15) is 18.1 Å². The molecule has 0 radical (unpaired) electrons. The van der Waals surface area contributed by atoms with Crippen molar-refractivity contribution in [1.29, 1.82) is 5.26 Å². The summed E-state index contributed by atoms with van der Waals surface area (Å²) < 4.78 is 5.26. The third kappa shape index (κ3) is 4.34. The summed E-state index contributed by atoms with van der Waals surface area (Å²) in [5.74, 6) is 0.716. The van der Waals surface area contributed by atoms with Gasteiger partial charge in [-0.25, -0.2) is 4.79 Å². The van der Waals surface area contributed by atoms with Gasteiger partial charge in [-0.05, 0) is 61.0 Å². The number of ether oxygens (including phenoxy) is 1. The van der Waals surface area contributed by atoms with Gasteiger partial charge in [0.1, 0.15) is 5.75 Å². The number of anilines is 2. The Morgan fingerprint density at radius 2 is 1.53 bits per heavy atom. The van der Waals surface area contributed by atoms with E-state index in [0.717, 1.165) is 16.9 Å². The second-order valence-corrected chi connectivity index (χ2v) is 6.57. The SMILES string of the molecule is C/C=C(/c1ccccc1)N(C(=O)N(C)c1ccc(C#N)cc1)c1ccc(OC)cc1. The first-order valence-corrected chi connectivity index (χ1v) is 9.52. The molecule has 0 aliphatic carbocycles. The quantitative estimate of drug-likeness (QED) is 0.556. The second kappa shape index (κ2) is 9.44. The average molecular weight is 397 g/mol. The Kier molecular flexibility index (Phi) is 6.51. The van der Waals surface area contributed by atoms with Gasteiger partial charge < -0.3 is 4.74 Å². The minimum Gasteiger partial charge on any atom is -0.497 e. The van der Waals surface area contributed by atoms with Crippen LogP contribution in [0.2, 0.25) is 0 Å². The van der Waals surface area contributed by atoms with Crippen LogP contribution in [-0.2, 0) is 0 Å². The highest BCUT2D eigenvalue weighted by molar-refractivity contribution is 6.12. The van der Waals surface area contributed by atoms with Crippen LogP contribution >= 0.6 is 0 Å². The Hall–Kier alpha value is -4.04. The number of hydrogen-bond donors (Lipinski definition) is 0. The van der Waals surface area contributed by atoms with Gasteiger partial charge in [0.2, 0.25) is 0 Å². The summed E-state index contributed by atoms with van der Waals surface area (Å²) >= 11 is 0. The van der Waals surface area contributed by atoms with E-state index in [-0.39, 0.29) is 6.03 Å². The number of nitriles is 1. The van der Waals surface area contributed by atoms with Gasteiger partial charge in [0.05, 0.1) is 30.1 Å². The van der Waals surface area contributed by atoms with E-state index in [9.17, 15) is 4.79 Å². The second-order valence-electron chi connectivity index (χ2n) is 6.57. The number of nitrogens with zero attached hydrogens (tertiary/aromatic N) is 3. The molecule has 0 unspecified atom stereocenters. The van der Waals surface area contributed by atoms with Crippen molar-refractivity contribution in [3.63, 3.8) is 0 Å². The Labute approximate surface area is 177 Å². The van der Waals surface area contributed by atoms with E-state index in [2.05, 4.69) is 6.07 Å². The molecule has 0 fully saturated rings. The van der Waals surface area contributed by atoms with Gasteiger partial charge in [-0.3, -0.25) is 9.80 Å². The highest BCUT2D eigenvalue weighted by Crippen LogP contribution is 2.30. The van der Waals surface area contributed by atoms with Crippen molar-refractivity contribution in [2.75, 3.05) is 24.0 Å². The molecule has 0 saturated heterocycles. The molecule has 0 spiro atoms. The Balaban J connectivity index is 2.05. The normalized spacial score (nSPS) is 10.8. The summed E-state index contributed by atoms with van der Waals surface area (Å²) in [5.41, 5.74) is 3.66. The molecule has 0 heterocycles. The van der Waals surface area contributed by atoms with E-state index < -0.39 is 0 Å². The number of urea groups is 1. The van der Waals surface area contributed by atoms with Crippen molar-refractivity contribution in [1.82, 2.24) is 0 Å². The fraction of sp³-hybridized carbons (Fsp3) is 0.120. The summed E-state index contributed by atoms with van der Waals surface area (Å²) in [6.07, 6.45) is 1.92. The Bertz CT molecular complexity index is 1070. The van der Waals surface area contributed by atoms with E-state index in [4.69, 9.17) is 10.00 Å². The van der Waals surface area contributed by atoms with Crippen LogP contribution < -0.4 is 14.5 Å². The zero-order chi connectivity index (χ0) is 21.5. The number of hydrogen-bond acceptors (Lipinski definition) is 3. The molecule has 0 bridgehead atoms. The van der Waals surface area contributed by atoms with Gasteiger partial charge in [0, 0.05) is 12.7 Å². The lowest BCUT2D eigenvalue weighted by atomic mass is 10.1. The number of carbonyl (C=O) groups excluding carboxylic acids is 1. The average Bonchev–Trinajstić information content (AvgIpc) is 2.82. The van der Waals surface area contributed by atoms with Crippen LogP contribution in [-0.4, -0.2) is 20.2 Å². The zero-order valence-electron chi connectivity index (χ0n) is 17.2. The first kappa shape index (κ1) is 20.7. The molecule has 30 heavy (non-hydrogen) atoms. The maximum absolute atomic E-state index is 13.6. The molecular formula is C25H23N3O2. The smallest absolute Gasteiger partial charge is 0.333 e. The van der Waals surface area contributed by atoms with Gasteiger partial charge in [-0.1, -0.05) is 36.4 Å². The zero-order valence-corrected chi connectivity index (χ0v) is 17.2. The van der Waals surface area contributed by atoms with Crippen molar-refractivity contribution < 1.29 is 9.53 Å². The molecule has 0 N–H and O–H groups in total. The van der Waals surface area contributed by atoms with Crippen LogP contribution in [0.4, 0.5) is 16.2 Å². The van der Waals surface area contributed by atoms with Crippen molar-refractivity contribution >= 4 is 23.1 Å². The molecule has 5 nitrogen and oxygen atoms in total. The summed E-state index contributed by atoms with van der Waals surface area (Å²) in [6.45, 7) is 1.91. The summed E-state index contributed by atoms with van der Waals surface area (Å²) in [5, 5.41) is 9.03. The number of carbonyl (C=O) groups is 1. The molecule has 0 aromatic heterocycles. The minimum absolute atomic E-state index is 0.221. The predicted octanol–water partition coefficient (Wildman–Crippen LogP) is 5.69. The number of rotatable bonds is 5. The lowest BCUT2D eigenvalue weighted by Crippen LogP contribution is -2.40. The topological polar surface area (TPSA) is 56.6 Å². The van der Waals surface area contributed by atoms with E-state index in [0.29, 0.717) is 17.0 Å². The Morgan fingerprint density at radius 1 is 0.933 bits per heavy atom. The molecular weight excluding hydrogens is 374 g/mol. The van der Waals surface area contributed by atoms with Crippen molar-refractivity contribution in [2.24, 2.45) is 0 Å². The molecule has 5 heteroatoms. The maximum atomic E-state index is 13.6. The number of allylic oxidation sites excluding steroid dienone is 1. The van der Waals surface area contributed by atoms with Crippen LogP contribution in [0.3, 0.4) is 0 Å². The standard InChI is InChI=1S/C25H23N3O2/c1-4-24(20-8-6-5-7-9-20)28(22-14-16-23(30-3)17-15-22)25(29)27(2)21-12-10-19(18-26)11-13-21/h4-17H,1-3H3/b24-4-. The van der Waals surface area contributed by atoms with Gasteiger partial charge in [-0.15, -0.1) is 0 Å². The maximum Gasteiger partial charge on any atom is 0.333 e. The molecule has 3 aromatic rings. The predicted molar refractivity (Wildman–Crippen MR) is 121 cm³/mol. The molecule has 0 saturated carbocycles. The number of methoxy groups -OCH3 is 1. The highest BCUT2D eigenvalue weighted by Gasteiger charge is 2.25. The van der Waals surface area contributed by atoms with Crippen molar-refractivity contribution in [2.45, 2.75) is 6.92 Å². The minimum atomic E-state index is -0.221. The Morgan fingerprint density at radius 3 is 2.07 bits per heavy atom. The molecule has 3 aromatic carbocycles. The van der Waals surface area contributed by atoms with Gasteiger partial charge >= 0.3 is 6.03 Å². The molecule has 3 rings (SSSR count). The largest absolute Gasteiger partial charge is 0.497 e. The lowest BCUT2D eigenvalue weighted by molar-refractivity contribution is 0.255. The van der Waals surface area contributed by atoms with Crippen molar-refractivity contribution in [3.8, 4) is 11.8 Å². The molecule has 0 aliphatic heterocycles. The van der Waals surface area contributed by atoms with E-state index in [1.54, 1.807) is 48.2 Å². The van der Waals surface area contributed by atoms with Crippen LogP contribution in [0.25, 0.3) is 5.70 Å². The van der Waals surface area contributed by atoms with Crippen molar-refractivity contribution in [3.05, 3.63) is 96.1 Å². The molecule has 2 amide bonds. The molecule has 0 atom stereocenters. The number of amides is 2. The monoisotopic (exact) mass is 397 g/mol. The van der Waals surface area contributed by atoms with Crippen LogP contribution in [0, 0.1) is 11.3 Å². The van der Waals surface area contributed by atoms with E-state index in [1.807, 2.05) is 67.6 Å². The van der Waals surface area contributed by atoms with Gasteiger partial charge in [0.25, 0.3) is 0 Å².